The number of amides is 1. The van der Waals surface area contributed by atoms with Crippen molar-refractivity contribution in [3.05, 3.63) is 35.0 Å². The van der Waals surface area contributed by atoms with Gasteiger partial charge in [-0.1, -0.05) is 23.7 Å². The Kier molecular flexibility index (Phi) is 3.54. The predicted molar refractivity (Wildman–Crippen MR) is 93.4 cm³/mol. The number of primary amides is 1. The zero-order valence-electron chi connectivity index (χ0n) is 13.2. The normalized spacial score (nSPS) is 18.4. The molecule has 3 heterocycles. The van der Waals surface area contributed by atoms with E-state index in [9.17, 15) is 4.79 Å². The molecule has 0 saturated carbocycles. The molecule has 8 heteroatoms. The molecule has 0 bridgehead atoms. The molecular weight excluding hydrogens is 328 g/mol. The number of halogens is 1. The molecule has 3 N–H and O–H groups in total. The molecule has 0 unspecified atom stereocenters. The lowest BCUT2D eigenvalue weighted by atomic mass is 10.1. The van der Waals surface area contributed by atoms with Crippen molar-refractivity contribution < 1.29 is 4.79 Å². The number of hydrogen-bond donors (Lipinski definition) is 2. The summed E-state index contributed by atoms with van der Waals surface area (Å²) in [7, 11) is 0. The second kappa shape index (κ2) is 5.61. The van der Waals surface area contributed by atoms with Crippen molar-refractivity contribution in [2.45, 2.75) is 13.0 Å². The summed E-state index contributed by atoms with van der Waals surface area (Å²) in [6.45, 7) is 3.75. The molecule has 0 radical (unpaired) electrons. The largest absolute Gasteiger partial charge is 0.368 e. The van der Waals surface area contributed by atoms with Crippen LogP contribution < -0.4 is 16.0 Å². The predicted octanol–water partition coefficient (Wildman–Crippen LogP) is 1.11. The number of aromatic nitrogens is 3. The number of nitrogens with one attached hydrogen (secondary N) is 1. The van der Waals surface area contributed by atoms with Crippen molar-refractivity contribution in [3.8, 4) is 0 Å². The number of carbonyl (C=O) groups is 1. The first kappa shape index (κ1) is 15.2. The minimum atomic E-state index is -0.391. The molecule has 1 aromatic carbocycles. The summed E-state index contributed by atoms with van der Waals surface area (Å²) >= 11 is 6.38. The maximum Gasteiger partial charge on any atom is 0.236 e. The Labute approximate surface area is 143 Å². The van der Waals surface area contributed by atoms with Crippen LogP contribution in [0.25, 0.3) is 16.6 Å². The van der Waals surface area contributed by atoms with Gasteiger partial charge in [-0.05, 0) is 19.1 Å². The molecule has 1 aliphatic rings. The lowest BCUT2D eigenvalue weighted by Crippen LogP contribution is -2.56. The number of nitrogens with zero attached hydrogens (tertiary/aromatic N) is 4. The third-order valence-electron chi connectivity index (χ3n) is 4.37. The lowest BCUT2D eigenvalue weighted by Gasteiger charge is -2.33. The maximum absolute atomic E-state index is 11.5. The zero-order valence-corrected chi connectivity index (χ0v) is 13.9. The Morgan fingerprint density at radius 3 is 3.00 bits per heavy atom. The monoisotopic (exact) mass is 344 g/mol. The number of fused-ring (bicyclic) bond motifs is 3. The Morgan fingerprint density at radius 2 is 2.21 bits per heavy atom. The summed E-state index contributed by atoms with van der Waals surface area (Å²) in [5.74, 6) is 0.441. The number of anilines is 1. The van der Waals surface area contributed by atoms with Gasteiger partial charge in [-0.3, -0.25) is 4.79 Å². The van der Waals surface area contributed by atoms with Gasteiger partial charge in [0.15, 0.2) is 5.65 Å². The summed E-state index contributed by atoms with van der Waals surface area (Å²) in [5, 5.41) is 9.13. The Morgan fingerprint density at radius 1 is 1.42 bits per heavy atom. The Bertz CT molecular complexity index is 953. The fraction of sp³-hybridized carbons (Fsp3) is 0.312. The van der Waals surface area contributed by atoms with Crippen LogP contribution in [0.15, 0.2) is 24.3 Å². The molecule has 1 aliphatic heterocycles. The van der Waals surface area contributed by atoms with Gasteiger partial charge in [0.2, 0.25) is 5.91 Å². The van der Waals surface area contributed by atoms with E-state index >= 15 is 0 Å². The molecule has 0 aliphatic carbocycles. The van der Waals surface area contributed by atoms with E-state index < -0.39 is 6.04 Å². The molecule has 3 aromatic rings. The maximum atomic E-state index is 11.5. The summed E-state index contributed by atoms with van der Waals surface area (Å²) in [4.78, 5) is 18.4. The number of nitrogens with two attached hydrogens (primary N) is 1. The first-order chi connectivity index (χ1) is 11.6. The Hall–Kier alpha value is -2.38. The fourth-order valence-corrected chi connectivity index (χ4v) is 3.30. The molecule has 7 nitrogen and oxygen atoms in total. The third kappa shape index (κ3) is 2.28. The topological polar surface area (TPSA) is 88.6 Å². The number of benzene rings is 1. The number of para-hydroxylation sites is 1. The van der Waals surface area contributed by atoms with Crippen LogP contribution >= 0.6 is 11.6 Å². The van der Waals surface area contributed by atoms with Gasteiger partial charge in [-0.25, -0.2) is 9.50 Å². The van der Waals surface area contributed by atoms with Gasteiger partial charge in [0, 0.05) is 25.0 Å². The number of rotatable bonds is 2. The first-order valence-electron chi connectivity index (χ1n) is 7.77. The standard InChI is InChI=1S/C16H17ClN6O/c1-9-13(17)16-20-15(22-7-6-19-11(8-22)14(18)24)10-4-2-3-5-12(10)23(16)21-9/h2-5,11,19H,6-8H2,1H3,(H2,18,24)/t11-/m1/s1. The minimum absolute atomic E-state index is 0.358. The lowest BCUT2D eigenvalue weighted by molar-refractivity contribution is -0.120. The summed E-state index contributed by atoms with van der Waals surface area (Å²) < 4.78 is 1.77. The van der Waals surface area contributed by atoms with E-state index in [1.807, 2.05) is 31.2 Å². The Balaban J connectivity index is 1.93. The first-order valence-corrected chi connectivity index (χ1v) is 8.15. The molecule has 24 heavy (non-hydrogen) atoms. The van der Waals surface area contributed by atoms with Crippen LogP contribution in [0.3, 0.4) is 0 Å². The van der Waals surface area contributed by atoms with Crippen LogP contribution in [0.4, 0.5) is 5.82 Å². The van der Waals surface area contributed by atoms with E-state index in [0.29, 0.717) is 23.8 Å². The van der Waals surface area contributed by atoms with Crippen LogP contribution in [-0.4, -0.2) is 46.2 Å². The van der Waals surface area contributed by atoms with E-state index in [1.54, 1.807) is 4.52 Å². The average Bonchev–Trinajstić information content (AvgIpc) is 2.89. The van der Waals surface area contributed by atoms with E-state index in [-0.39, 0.29) is 5.91 Å². The van der Waals surface area contributed by atoms with Crippen molar-refractivity contribution in [2.75, 3.05) is 24.5 Å². The molecule has 0 spiro atoms. The van der Waals surface area contributed by atoms with Gasteiger partial charge in [0.05, 0.1) is 11.2 Å². The van der Waals surface area contributed by atoms with Crippen molar-refractivity contribution in [3.63, 3.8) is 0 Å². The van der Waals surface area contributed by atoms with E-state index in [2.05, 4.69) is 15.3 Å². The fourth-order valence-electron chi connectivity index (χ4n) is 3.14. The van der Waals surface area contributed by atoms with Crippen molar-refractivity contribution in [1.82, 2.24) is 19.9 Å². The van der Waals surface area contributed by atoms with Crippen LogP contribution in [0.1, 0.15) is 5.69 Å². The van der Waals surface area contributed by atoms with Crippen LogP contribution in [0.5, 0.6) is 0 Å². The van der Waals surface area contributed by atoms with Gasteiger partial charge >= 0.3 is 0 Å². The molecule has 124 valence electrons. The zero-order chi connectivity index (χ0) is 16.8. The second-order valence-corrected chi connectivity index (χ2v) is 6.32. The highest BCUT2D eigenvalue weighted by Gasteiger charge is 2.26. The molecule has 4 rings (SSSR count). The van der Waals surface area contributed by atoms with Gasteiger partial charge < -0.3 is 16.0 Å². The highest BCUT2D eigenvalue weighted by Crippen LogP contribution is 2.30. The molecule has 2 aromatic heterocycles. The van der Waals surface area contributed by atoms with E-state index in [0.717, 1.165) is 29.0 Å². The second-order valence-electron chi connectivity index (χ2n) is 5.94. The minimum Gasteiger partial charge on any atom is -0.368 e. The van der Waals surface area contributed by atoms with Gasteiger partial charge in [-0.2, -0.15) is 5.10 Å². The number of carbonyl (C=O) groups excluding carboxylic acids is 1. The summed E-state index contributed by atoms with van der Waals surface area (Å²) in [6.07, 6.45) is 0. The van der Waals surface area contributed by atoms with Gasteiger partial charge in [0.25, 0.3) is 0 Å². The van der Waals surface area contributed by atoms with E-state index in [1.165, 1.54) is 0 Å². The highest BCUT2D eigenvalue weighted by atomic mass is 35.5. The van der Waals surface area contributed by atoms with Crippen molar-refractivity contribution >= 4 is 39.9 Å². The molecule has 1 atom stereocenters. The molecule has 1 saturated heterocycles. The van der Waals surface area contributed by atoms with Crippen LogP contribution in [0, 0.1) is 6.92 Å². The smallest absolute Gasteiger partial charge is 0.236 e. The number of piperazine rings is 1. The third-order valence-corrected chi connectivity index (χ3v) is 4.81. The highest BCUT2D eigenvalue weighted by molar-refractivity contribution is 6.34. The molecule has 1 amide bonds. The van der Waals surface area contributed by atoms with Crippen LogP contribution in [-0.2, 0) is 4.79 Å². The number of hydrogen-bond acceptors (Lipinski definition) is 5. The van der Waals surface area contributed by atoms with Gasteiger partial charge in [0.1, 0.15) is 16.9 Å². The average molecular weight is 345 g/mol. The molecule has 1 fully saturated rings. The van der Waals surface area contributed by atoms with Crippen LogP contribution in [0.2, 0.25) is 5.02 Å². The summed E-state index contributed by atoms with van der Waals surface area (Å²) in [6, 6.07) is 7.52. The van der Waals surface area contributed by atoms with Gasteiger partial charge in [-0.15, -0.1) is 0 Å². The summed E-state index contributed by atoms with van der Waals surface area (Å²) in [5.41, 5.74) is 7.75. The van der Waals surface area contributed by atoms with E-state index in [4.69, 9.17) is 22.3 Å². The molecular formula is C16H17ClN6O. The SMILES string of the molecule is Cc1nn2c(nc(N3CCN[C@@H](C(N)=O)C3)c3ccccc32)c1Cl. The quantitative estimate of drug-likeness (QED) is 0.727. The number of aryl methyl sites for hydroxylation is 1. The van der Waals surface area contributed by atoms with Crippen molar-refractivity contribution in [1.29, 1.82) is 0 Å². The van der Waals surface area contributed by atoms with Crippen molar-refractivity contribution in [2.24, 2.45) is 5.73 Å².